The van der Waals surface area contributed by atoms with Crippen molar-refractivity contribution in [1.29, 1.82) is 0 Å². The van der Waals surface area contributed by atoms with Crippen molar-refractivity contribution in [2.75, 3.05) is 23.3 Å². The van der Waals surface area contributed by atoms with Crippen LogP contribution in [0.5, 0.6) is 0 Å². The Bertz CT molecular complexity index is 594. The number of fused-ring (bicyclic) bond motifs is 1. The molecule has 19 heavy (non-hydrogen) atoms. The maximum Gasteiger partial charge on any atom is 0.224 e. The fourth-order valence-corrected chi connectivity index (χ4v) is 2.50. The van der Waals surface area contributed by atoms with E-state index in [1.165, 1.54) is 11.3 Å². The zero-order valence-corrected chi connectivity index (χ0v) is 11.3. The number of anilines is 3. The Hall–Kier alpha value is -2.10. The van der Waals surface area contributed by atoms with Crippen molar-refractivity contribution in [2.45, 2.75) is 20.3 Å². The largest absolute Gasteiger partial charge is 0.354 e. The minimum atomic E-state index is 0.710. The van der Waals surface area contributed by atoms with Gasteiger partial charge in [-0.15, -0.1) is 0 Å². The van der Waals surface area contributed by atoms with Crippen LogP contribution in [0.3, 0.4) is 0 Å². The molecule has 0 saturated heterocycles. The van der Waals surface area contributed by atoms with E-state index >= 15 is 0 Å². The van der Waals surface area contributed by atoms with Crippen molar-refractivity contribution in [3.8, 4) is 0 Å². The van der Waals surface area contributed by atoms with Gasteiger partial charge in [0.15, 0.2) is 0 Å². The molecule has 1 aromatic heterocycles. The summed E-state index contributed by atoms with van der Waals surface area (Å²) in [4.78, 5) is 11.3. The molecule has 0 amide bonds. The van der Waals surface area contributed by atoms with Crippen molar-refractivity contribution in [3.63, 3.8) is 0 Å². The van der Waals surface area contributed by atoms with Gasteiger partial charge in [-0.25, -0.2) is 4.98 Å². The topological polar surface area (TPSA) is 41.1 Å². The van der Waals surface area contributed by atoms with Gasteiger partial charge >= 0.3 is 0 Å². The molecule has 1 aliphatic heterocycles. The third kappa shape index (κ3) is 2.26. The predicted molar refractivity (Wildman–Crippen MR) is 78.1 cm³/mol. The number of nitrogens with zero attached hydrogens (tertiary/aromatic N) is 3. The number of nitrogens with one attached hydrogen (secondary N) is 1. The molecule has 1 aromatic carbocycles. The standard InChI is InChI=1S/C15H18N4/c1-3-16-15-17-11(2)10-14(18-15)19-9-8-12-6-4-5-7-13(12)19/h4-7,10H,3,8-9H2,1-2H3,(H,16,17,18). The van der Waals surface area contributed by atoms with Gasteiger partial charge in [0.1, 0.15) is 5.82 Å². The molecule has 2 heterocycles. The molecule has 98 valence electrons. The molecule has 0 atom stereocenters. The molecular weight excluding hydrogens is 236 g/mol. The SMILES string of the molecule is CCNc1nc(C)cc(N2CCc3ccccc32)n1. The number of rotatable bonds is 3. The molecule has 0 spiro atoms. The van der Waals surface area contributed by atoms with E-state index in [4.69, 9.17) is 0 Å². The van der Waals surface area contributed by atoms with Crippen LogP contribution >= 0.6 is 0 Å². The molecule has 0 bridgehead atoms. The van der Waals surface area contributed by atoms with E-state index in [-0.39, 0.29) is 0 Å². The molecule has 1 N–H and O–H groups in total. The van der Waals surface area contributed by atoms with E-state index in [9.17, 15) is 0 Å². The van der Waals surface area contributed by atoms with Crippen LogP contribution in [-0.2, 0) is 6.42 Å². The van der Waals surface area contributed by atoms with Crippen LogP contribution in [0.2, 0.25) is 0 Å². The number of aromatic nitrogens is 2. The molecule has 0 radical (unpaired) electrons. The smallest absolute Gasteiger partial charge is 0.224 e. The van der Waals surface area contributed by atoms with Gasteiger partial charge in [-0.3, -0.25) is 0 Å². The molecular formula is C15H18N4. The first kappa shape index (κ1) is 12.0. The first-order chi connectivity index (χ1) is 9.28. The van der Waals surface area contributed by atoms with Crippen LogP contribution in [0.25, 0.3) is 0 Å². The lowest BCUT2D eigenvalue weighted by atomic mass is 10.2. The lowest BCUT2D eigenvalue weighted by Gasteiger charge is -2.19. The first-order valence-corrected chi connectivity index (χ1v) is 6.73. The van der Waals surface area contributed by atoms with Crippen LogP contribution in [0.15, 0.2) is 30.3 Å². The van der Waals surface area contributed by atoms with Gasteiger partial charge in [0.05, 0.1) is 0 Å². The van der Waals surface area contributed by atoms with E-state index in [0.717, 1.165) is 31.0 Å². The van der Waals surface area contributed by atoms with E-state index < -0.39 is 0 Å². The lowest BCUT2D eigenvalue weighted by molar-refractivity contribution is 0.952. The summed E-state index contributed by atoms with van der Waals surface area (Å²) in [6.07, 6.45) is 1.08. The fourth-order valence-electron chi connectivity index (χ4n) is 2.50. The second kappa shape index (κ2) is 4.88. The summed E-state index contributed by atoms with van der Waals surface area (Å²) in [5.74, 6) is 1.69. The highest BCUT2D eigenvalue weighted by molar-refractivity contribution is 5.68. The zero-order chi connectivity index (χ0) is 13.2. The minimum Gasteiger partial charge on any atom is -0.354 e. The summed E-state index contributed by atoms with van der Waals surface area (Å²) in [7, 11) is 0. The van der Waals surface area contributed by atoms with Crippen molar-refractivity contribution in [1.82, 2.24) is 9.97 Å². The number of aryl methyl sites for hydroxylation is 1. The summed E-state index contributed by atoms with van der Waals surface area (Å²) in [6, 6.07) is 10.6. The quantitative estimate of drug-likeness (QED) is 0.914. The molecule has 0 saturated carbocycles. The molecule has 0 unspecified atom stereocenters. The summed E-state index contributed by atoms with van der Waals surface area (Å²) in [5.41, 5.74) is 3.65. The maximum absolute atomic E-state index is 4.61. The Morgan fingerprint density at radius 3 is 2.95 bits per heavy atom. The number of hydrogen-bond acceptors (Lipinski definition) is 4. The molecule has 4 heteroatoms. The third-order valence-corrected chi connectivity index (χ3v) is 3.34. The Kier molecular flexibility index (Phi) is 3.07. The molecule has 0 aliphatic carbocycles. The molecule has 0 fully saturated rings. The van der Waals surface area contributed by atoms with Gasteiger partial charge in [0.2, 0.25) is 5.95 Å². The van der Waals surface area contributed by atoms with E-state index in [1.807, 2.05) is 13.0 Å². The average Bonchev–Trinajstić information content (AvgIpc) is 2.82. The Morgan fingerprint density at radius 2 is 2.11 bits per heavy atom. The Balaban J connectivity index is 1.99. The number of benzene rings is 1. The maximum atomic E-state index is 4.61. The second-order valence-corrected chi connectivity index (χ2v) is 4.75. The van der Waals surface area contributed by atoms with Gasteiger partial charge in [-0.05, 0) is 31.9 Å². The predicted octanol–water partition coefficient (Wildman–Crippen LogP) is 2.91. The highest BCUT2D eigenvalue weighted by Crippen LogP contribution is 2.33. The summed E-state index contributed by atoms with van der Waals surface area (Å²) < 4.78 is 0. The van der Waals surface area contributed by atoms with Crippen LogP contribution in [0.4, 0.5) is 17.5 Å². The van der Waals surface area contributed by atoms with E-state index in [2.05, 4.69) is 51.4 Å². The van der Waals surface area contributed by atoms with Crippen molar-refractivity contribution >= 4 is 17.5 Å². The zero-order valence-electron chi connectivity index (χ0n) is 11.3. The summed E-state index contributed by atoms with van der Waals surface area (Å²) >= 11 is 0. The van der Waals surface area contributed by atoms with Crippen molar-refractivity contribution < 1.29 is 0 Å². The Morgan fingerprint density at radius 1 is 1.26 bits per heavy atom. The first-order valence-electron chi connectivity index (χ1n) is 6.73. The average molecular weight is 254 g/mol. The van der Waals surface area contributed by atoms with Gasteiger partial charge in [0.25, 0.3) is 0 Å². The minimum absolute atomic E-state index is 0.710. The van der Waals surface area contributed by atoms with Crippen molar-refractivity contribution in [3.05, 3.63) is 41.6 Å². The van der Waals surface area contributed by atoms with Gasteiger partial charge in [0, 0.05) is 30.5 Å². The highest BCUT2D eigenvalue weighted by atomic mass is 15.2. The van der Waals surface area contributed by atoms with Crippen LogP contribution in [-0.4, -0.2) is 23.1 Å². The summed E-state index contributed by atoms with van der Waals surface area (Å²) in [5, 5.41) is 3.19. The van der Waals surface area contributed by atoms with Crippen LogP contribution in [0.1, 0.15) is 18.2 Å². The molecule has 4 nitrogen and oxygen atoms in total. The molecule has 3 rings (SSSR count). The third-order valence-electron chi connectivity index (χ3n) is 3.34. The summed E-state index contributed by atoms with van der Waals surface area (Å²) in [6.45, 7) is 5.88. The van der Waals surface area contributed by atoms with Crippen LogP contribution < -0.4 is 10.2 Å². The van der Waals surface area contributed by atoms with Gasteiger partial charge in [-0.2, -0.15) is 4.98 Å². The monoisotopic (exact) mass is 254 g/mol. The van der Waals surface area contributed by atoms with Crippen molar-refractivity contribution in [2.24, 2.45) is 0 Å². The van der Waals surface area contributed by atoms with E-state index in [1.54, 1.807) is 0 Å². The van der Waals surface area contributed by atoms with Crippen LogP contribution in [0, 0.1) is 6.92 Å². The number of hydrogen-bond donors (Lipinski definition) is 1. The molecule has 2 aromatic rings. The fraction of sp³-hybridized carbons (Fsp3) is 0.333. The second-order valence-electron chi connectivity index (χ2n) is 4.75. The highest BCUT2D eigenvalue weighted by Gasteiger charge is 2.21. The number of para-hydroxylation sites is 1. The molecule has 1 aliphatic rings. The lowest BCUT2D eigenvalue weighted by Crippen LogP contribution is -2.16. The normalized spacial score (nSPS) is 13.5. The Labute approximate surface area is 113 Å². The van der Waals surface area contributed by atoms with Gasteiger partial charge < -0.3 is 10.2 Å². The van der Waals surface area contributed by atoms with Gasteiger partial charge in [-0.1, -0.05) is 18.2 Å². The van der Waals surface area contributed by atoms with E-state index in [0.29, 0.717) is 5.95 Å².